The van der Waals surface area contributed by atoms with Crippen LogP contribution in [0.15, 0.2) is 12.1 Å². The van der Waals surface area contributed by atoms with Crippen LogP contribution < -0.4 is 5.73 Å². The third-order valence-corrected chi connectivity index (χ3v) is 3.00. The molecular formula is C9H12IN. The number of aryl methyl sites for hydroxylation is 2. The predicted octanol–water partition coefficient (Wildman–Crippen LogP) is 2.37. The highest BCUT2D eigenvalue weighted by atomic mass is 127. The first-order chi connectivity index (χ1) is 5.15. The van der Waals surface area contributed by atoms with Gasteiger partial charge in [-0.2, -0.15) is 0 Å². The van der Waals surface area contributed by atoms with E-state index in [0.717, 1.165) is 0 Å². The Bertz CT molecular complexity index is 269. The van der Waals surface area contributed by atoms with Crippen molar-refractivity contribution in [1.29, 1.82) is 0 Å². The lowest BCUT2D eigenvalue weighted by atomic mass is 10.1. The molecule has 0 aliphatic carbocycles. The van der Waals surface area contributed by atoms with Crippen molar-refractivity contribution in [2.75, 3.05) is 0 Å². The zero-order valence-electron chi connectivity index (χ0n) is 6.82. The molecule has 1 aromatic carbocycles. The van der Waals surface area contributed by atoms with Crippen molar-refractivity contribution in [3.05, 3.63) is 32.4 Å². The fourth-order valence-corrected chi connectivity index (χ4v) is 1.68. The molecule has 0 saturated heterocycles. The Balaban J connectivity index is 3.21. The maximum Gasteiger partial charge on any atom is 0.0180 e. The molecule has 60 valence electrons. The topological polar surface area (TPSA) is 26.0 Å². The molecule has 0 unspecified atom stereocenters. The summed E-state index contributed by atoms with van der Waals surface area (Å²) < 4.78 is 1.32. The van der Waals surface area contributed by atoms with Crippen LogP contribution in [0, 0.1) is 17.4 Å². The number of hydrogen-bond acceptors (Lipinski definition) is 1. The summed E-state index contributed by atoms with van der Waals surface area (Å²) in [4.78, 5) is 0. The van der Waals surface area contributed by atoms with Gasteiger partial charge in [-0.25, -0.2) is 0 Å². The van der Waals surface area contributed by atoms with E-state index in [1.165, 1.54) is 20.3 Å². The number of benzene rings is 1. The second kappa shape index (κ2) is 3.54. The zero-order valence-corrected chi connectivity index (χ0v) is 8.97. The summed E-state index contributed by atoms with van der Waals surface area (Å²) in [5.74, 6) is 0. The van der Waals surface area contributed by atoms with Gasteiger partial charge in [0, 0.05) is 10.1 Å². The van der Waals surface area contributed by atoms with E-state index in [2.05, 4.69) is 48.6 Å². The minimum Gasteiger partial charge on any atom is -0.326 e. The van der Waals surface area contributed by atoms with Crippen LogP contribution in [0.25, 0.3) is 0 Å². The first kappa shape index (κ1) is 9.00. The van der Waals surface area contributed by atoms with Gasteiger partial charge in [0.25, 0.3) is 0 Å². The second-order valence-corrected chi connectivity index (χ2v) is 3.89. The minimum atomic E-state index is 0.642. The van der Waals surface area contributed by atoms with Crippen molar-refractivity contribution < 1.29 is 0 Å². The number of nitrogens with two attached hydrogens (primary N) is 1. The molecule has 0 spiro atoms. The lowest BCUT2D eigenvalue weighted by molar-refractivity contribution is 1.04. The highest BCUT2D eigenvalue weighted by Crippen LogP contribution is 2.16. The Kier molecular flexibility index (Phi) is 2.90. The van der Waals surface area contributed by atoms with Gasteiger partial charge in [0.1, 0.15) is 0 Å². The lowest BCUT2D eigenvalue weighted by Crippen LogP contribution is -2.00. The van der Waals surface area contributed by atoms with Crippen LogP contribution in [0.3, 0.4) is 0 Å². The van der Waals surface area contributed by atoms with E-state index in [9.17, 15) is 0 Å². The van der Waals surface area contributed by atoms with Crippen molar-refractivity contribution in [2.24, 2.45) is 5.73 Å². The number of halogens is 1. The molecule has 0 heterocycles. The molecule has 1 nitrogen and oxygen atoms in total. The van der Waals surface area contributed by atoms with E-state index in [4.69, 9.17) is 5.73 Å². The highest BCUT2D eigenvalue weighted by Gasteiger charge is 1.99. The minimum absolute atomic E-state index is 0.642. The predicted molar refractivity (Wildman–Crippen MR) is 56.5 cm³/mol. The van der Waals surface area contributed by atoms with E-state index < -0.39 is 0 Å². The van der Waals surface area contributed by atoms with Crippen molar-refractivity contribution in [3.8, 4) is 0 Å². The summed E-state index contributed by atoms with van der Waals surface area (Å²) in [6.45, 7) is 4.85. The molecule has 0 aliphatic rings. The molecular weight excluding hydrogens is 249 g/mol. The van der Waals surface area contributed by atoms with E-state index in [-0.39, 0.29) is 0 Å². The first-order valence-corrected chi connectivity index (χ1v) is 4.68. The van der Waals surface area contributed by atoms with E-state index in [1.807, 2.05) is 0 Å². The van der Waals surface area contributed by atoms with Crippen LogP contribution >= 0.6 is 22.6 Å². The van der Waals surface area contributed by atoms with Gasteiger partial charge in [0.15, 0.2) is 0 Å². The normalized spacial score (nSPS) is 10.2. The smallest absolute Gasteiger partial charge is 0.0180 e. The van der Waals surface area contributed by atoms with Gasteiger partial charge in [-0.1, -0.05) is 6.07 Å². The molecule has 1 rings (SSSR count). The highest BCUT2D eigenvalue weighted by molar-refractivity contribution is 14.1. The Hall–Kier alpha value is -0.0900. The van der Waals surface area contributed by atoms with Crippen LogP contribution in [0.5, 0.6) is 0 Å². The molecule has 11 heavy (non-hydrogen) atoms. The maximum atomic E-state index is 5.57. The largest absolute Gasteiger partial charge is 0.326 e. The quantitative estimate of drug-likeness (QED) is 0.771. The molecule has 0 saturated carbocycles. The van der Waals surface area contributed by atoms with E-state index >= 15 is 0 Å². The van der Waals surface area contributed by atoms with Crippen LogP contribution in [-0.4, -0.2) is 0 Å². The average Bonchev–Trinajstić information content (AvgIpc) is 1.97. The SMILES string of the molecule is Cc1cc(CN)c(C)cc1I. The zero-order chi connectivity index (χ0) is 8.43. The molecule has 1 aromatic rings. The molecule has 2 heteroatoms. The van der Waals surface area contributed by atoms with Crippen molar-refractivity contribution in [3.63, 3.8) is 0 Å². The van der Waals surface area contributed by atoms with Gasteiger partial charge in [-0.05, 0) is 59.2 Å². The van der Waals surface area contributed by atoms with E-state index in [1.54, 1.807) is 0 Å². The van der Waals surface area contributed by atoms with Crippen molar-refractivity contribution in [1.82, 2.24) is 0 Å². The third-order valence-electron chi connectivity index (χ3n) is 1.84. The van der Waals surface area contributed by atoms with Gasteiger partial charge >= 0.3 is 0 Å². The lowest BCUT2D eigenvalue weighted by Gasteiger charge is -2.05. The van der Waals surface area contributed by atoms with Crippen LogP contribution in [0.1, 0.15) is 16.7 Å². The summed E-state index contributed by atoms with van der Waals surface area (Å²) >= 11 is 2.34. The van der Waals surface area contributed by atoms with Gasteiger partial charge in [-0.3, -0.25) is 0 Å². The molecule has 2 N–H and O–H groups in total. The Morgan fingerprint density at radius 3 is 2.45 bits per heavy atom. The standard InChI is InChI=1S/C9H12IN/c1-6-4-9(10)7(2)3-8(6)5-11/h3-4H,5,11H2,1-2H3. The first-order valence-electron chi connectivity index (χ1n) is 3.61. The fourth-order valence-electron chi connectivity index (χ4n) is 1.06. The Morgan fingerprint density at radius 1 is 1.27 bits per heavy atom. The monoisotopic (exact) mass is 261 g/mol. The second-order valence-electron chi connectivity index (χ2n) is 2.73. The number of hydrogen-bond donors (Lipinski definition) is 1. The van der Waals surface area contributed by atoms with Crippen LogP contribution in [-0.2, 0) is 6.54 Å². The van der Waals surface area contributed by atoms with Gasteiger partial charge in [0.2, 0.25) is 0 Å². The maximum absolute atomic E-state index is 5.57. The molecule has 0 radical (unpaired) electrons. The summed E-state index contributed by atoms with van der Waals surface area (Å²) in [6, 6.07) is 4.34. The van der Waals surface area contributed by atoms with Gasteiger partial charge in [-0.15, -0.1) is 0 Å². The molecule has 0 amide bonds. The molecule has 0 aliphatic heterocycles. The Morgan fingerprint density at radius 2 is 1.91 bits per heavy atom. The summed E-state index contributed by atoms with van der Waals surface area (Å²) in [5.41, 5.74) is 9.43. The van der Waals surface area contributed by atoms with Gasteiger partial charge < -0.3 is 5.73 Å². The third kappa shape index (κ3) is 1.93. The van der Waals surface area contributed by atoms with E-state index in [0.29, 0.717) is 6.54 Å². The van der Waals surface area contributed by atoms with Crippen LogP contribution in [0.4, 0.5) is 0 Å². The molecule has 0 fully saturated rings. The summed E-state index contributed by atoms with van der Waals surface area (Å²) in [7, 11) is 0. The van der Waals surface area contributed by atoms with Crippen LogP contribution in [0.2, 0.25) is 0 Å². The molecule has 0 bridgehead atoms. The Labute approximate surface area is 81.1 Å². The fraction of sp³-hybridized carbons (Fsp3) is 0.333. The van der Waals surface area contributed by atoms with Crippen molar-refractivity contribution in [2.45, 2.75) is 20.4 Å². The molecule has 0 atom stereocenters. The van der Waals surface area contributed by atoms with Gasteiger partial charge in [0.05, 0.1) is 0 Å². The molecule has 0 aromatic heterocycles. The number of rotatable bonds is 1. The van der Waals surface area contributed by atoms with Crippen molar-refractivity contribution >= 4 is 22.6 Å². The summed E-state index contributed by atoms with van der Waals surface area (Å²) in [6.07, 6.45) is 0. The average molecular weight is 261 g/mol. The summed E-state index contributed by atoms with van der Waals surface area (Å²) in [5, 5.41) is 0.